The fraction of sp³-hybridized carbons (Fsp3) is 0.444. The van der Waals surface area contributed by atoms with E-state index in [1.54, 1.807) is 7.11 Å². The predicted octanol–water partition coefficient (Wildman–Crippen LogP) is 3.51. The quantitative estimate of drug-likeness (QED) is 0.819. The molecule has 0 bridgehead atoms. The van der Waals surface area contributed by atoms with Crippen LogP contribution in [0.1, 0.15) is 36.7 Å². The van der Waals surface area contributed by atoms with Crippen LogP contribution in [-0.2, 0) is 0 Å². The van der Waals surface area contributed by atoms with Crippen molar-refractivity contribution < 1.29 is 9.53 Å². The molecule has 3 rings (SSSR count). The fourth-order valence-corrected chi connectivity index (χ4v) is 2.67. The average molecular weight is 298 g/mol. The molecule has 0 aliphatic heterocycles. The summed E-state index contributed by atoms with van der Waals surface area (Å²) in [6.45, 7) is 3.78. The second-order valence-corrected chi connectivity index (χ2v) is 5.95. The van der Waals surface area contributed by atoms with Crippen molar-refractivity contribution in [2.24, 2.45) is 5.92 Å². The van der Waals surface area contributed by atoms with Gasteiger partial charge in [-0.15, -0.1) is 0 Å². The molecule has 1 fully saturated rings. The van der Waals surface area contributed by atoms with E-state index < -0.39 is 0 Å². The van der Waals surface area contributed by atoms with Crippen LogP contribution in [0.2, 0.25) is 0 Å². The Bertz CT molecular complexity index is 680. The highest BCUT2D eigenvalue weighted by atomic mass is 16.5. The molecule has 1 amide bonds. The zero-order chi connectivity index (χ0) is 15.5. The molecule has 0 atom stereocenters. The standard InChI is InChI=1S/C18H22N2O2/c1-3-10-20(12-13-4-5-13)18(21)17-8-6-14-11-15(22-2)7-9-16(14)19-17/h6-9,11,13H,3-5,10,12H2,1-2H3. The van der Waals surface area contributed by atoms with Gasteiger partial charge in [-0.3, -0.25) is 4.79 Å². The topological polar surface area (TPSA) is 42.4 Å². The number of rotatable bonds is 6. The summed E-state index contributed by atoms with van der Waals surface area (Å²) in [7, 11) is 1.65. The monoisotopic (exact) mass is 298 g/mol. The minimum atomic E-state index is 0.0477. The first-order valence-corrected chi connectivity index (χ1v) is 7.95. The van der Waals surface area contributed by atoms with Crippen molar-refractivity contribution in [2.75, 3.05) is 20.2 Å². The number of fused-ring (bicyclic) bond motifs is 1. The van der Waals surface area contributed by atoms with Crippen molar-refractivity contribution in [3.63, 3.8) is 0 Å². The summed E-state index contributed by atoms with van der Waals surface area (Å²) in [6, 6.07) is 9.47. The lowest BCUT2D eigenvalue weighted by molar-refractivity contribution is 0.0742. The van der Waals surface area contributed by atoms with Crippen LogP contribution in [0.3, 0.4) is 0 Å². The van der Waals surface area contributed by atoms with Gasteiger partial charge in [-0.1, -0.05) is 13.0 Å². The molecule has 1 aromatic carbocycles. The molecule has 0 radical (unpaired) electrons. The molecule has 1 aliphatic carbocycles. The molecule has 22 heavy (non-hydrogen) atoms. The van der Waals surface area contributed by atoms with Crippen molar-refractivity contribution in [3.05, 3.63) is 36.0 Å². The number of ether oxygens (including phenoxy) is 1. The first kappa shape index (κ1) is 14.8. The van der Waals surface area contributed by atoms with Crippen LogP contribution >= 0.6 is 0 Å². The summed E-state index contributed by atoms with van der Waals surface area (Å²) in [6.07, 6.45) is 3.47. The lowest BCUT2D eigenvalue weighted by Gasteiger charge is -2.21. The van der Waals surface area contributed by atoms with E-state index in [1.807, 2.05) is 35.2 Å². The third-order valence-corrected chi connectivity index (χ3v) is 4.07. The molecular formula is C18H22N2O2. The molecule has 0 N–H and O–H groups in total. The van der Waals surface area contributed by atoms with Crippen LogP contribution in [0.5, 0.6) is 5.75 Å². The van der Waals surface area contributed by atoms with Crippen molar-refractivity contribution in [1.82, 2.24) is 9.88 Å². The Hall–Kier alpha value is -2.10. The van der Waals surface area contributed by atoms with E-state index in [2.05, 4.69) is 11.9 Å². The molecule has 0 spiro atoms. The first-order valence-electron chi connectivity index (χ1n) is 7.95. The van der Waals surface area contributed by atoms with Crippen LogP contribution in [0.15, 0.2) is 30.3 Å². The van der Waals surface area contributed by atoms with Gasteiger partial charge in [0.1, 0.15) is 11.4 Å². The SMILES string of the molecule is CCCN(CC1CC1)C(=O)c1ccc2cc(OC)ccc2n1. The zero-order valence-corrected chi connectivity index (χ0v) is 13.2. The molecule has 4 nitrogen and oxygen atoms in total. The summed E-state index contributed by atoms with van der Waals surface area (Å²) >= 11 is 0. The van der Waals surface area contributed by atoms with Gasteiger partial charge < -0.3 is 9.64 Å². The number of benzene rings is 1. The fourth-order valence-electron chi connectivity index (χ4n) is 2.67. The maximum atomic E-state index is 12.7. The van der Waals surface area contributed by atoms with E-state index >= 15 is 0 Å². The van der Waals surface area contributed by atoms with Gasteiger partial charge in [0.15, 0.2) is 0 Å². The minimum Gasteiger partial charge on any atom is -0.497 e. The second-order valence-electron chi connectivity index (χ2n) is 5.95. The number of nitrogens with zero attached hydrogens (tertiary/aromatic N) is 2. The summed E-state index contributed by atoms with van der Waals surface area (Å²) < 4.78 is 5.22. The van der Waals surface area contributed by atoms with Crippen LogP contribution in [0.4, 0.5) is 0 Å². The van der Waals surface area contributed by atoms with E-state index in [1.165, 1.54) is 12.8 Å². The van der Waals surface area contributed by atoms with Crippen molar-refractivity contribution in [2.45, 2.75) is 26.2 Å². The number of carbonyl (C=O) groups is 1. The maximum Gasteiger partial charge on any atom is 0.272 e. The van der Waals surface area contributed by atoms with Gasteiger partial charge in [-0.05, 0) is 49.4 Å². The van der Waals surface area contributed by atoms with Crippen molar-refractivity contribution >= 4 is 16.8 Å². The first-order chi connectivity index (χ1) is 10.7. The second kappa shape index (κ2) is 6.34. The summed E-state index contributed by atoms with van der Waals surface area (Å²) in [5, 5.41) is 0.986. The molecule has 1 aliphatic rings. The molecular weight excluding hydrogens is 276 g/mol. The van der Waals surface area contributed by atoms with Gasteiger partial charge in [0.25, 0.3) is 5.91 Å². The van der Waals surface area contributed by atoms with Gasteiger partial charge in [-0.25, -0.2) is 4.98 Å². The summed E-state index contributed by atoms with van der Waals surface area (Å²) in [5.74, 6) is 1.54. The smallest absolute Gasteiger partial charge is 0.272 e. The third kappa shape index (κ3) is 3.21. The molecule has 4 heteroatoms. The predicted molar refractivity (Wildman–Crippen MR) is 87.2 cm³/mol. The van der Waals surface area contributed by atoms with Gasteiger partial charge in [0, 0.05) is 18.5 Å². The number of hydrogen-bond acceptors (Lipinski definition) is 3. The number of amides is 1. The van der Waals surface area contributed by atoms with Crippen molar-refractivity contribution in [1.29, 1.82) is 0 Å². The van der Waals surface area contributed by atoms with E-state index in [4.69, 9.17) is 4.74 Å². The Morgan fingerprint density at radius 1 is 1.32 bits per heavy atom. The highest BCUT2D eigenvalue weighted by Gasteiger charge is 2.27. The normalized spacial score (nSPS) is 14.1. The van der Waals surface area contributed by atoms with Gasteiger partial charge in [0.05, 0.1) is 12.6 Å². The number of pyridine rings is 1. The van der Waals surface area contributed by atoms with Gasteiger partial charge >= 0.3 is 0 Å². The number of methoxy groups -OCH3 is 1. The highest BCUT2D eigenvalue weighted by molar-refractivity contribution is 5.95. The van der Waals surface area contributed by atoms with Gasteiger partial charge in [-0.2, -0.15) is 0 Å². The van der Waals surface area contributed by atoms with Crippen LogP contribution < -0.4 is 4.74 Å². The Morgan fingerprint density at radius 2 is 2.14 bits per heavy atom. The summed E-state index contributed by atoms with van der Waals surface area (Å²) in [4.78, 5) is 19.2. The van der Waals surface area contributed by atoms with Crippen molar-refractivity contribution in [3.8, 4) is 5.75 Å². The van der Waals surface area contributed by atoms with Crippen LogP contribution in [0, 0.1) is 5.92 Å². The molecule has 1 saturated carbocycles. The summed E-state index contributed by atoms with van der Waals surface area (Å²) in [5.41, 5.74) is 1.36. The van der Waals surface area contributed by atoms with E-state index in [0.29, 0.717) is 11.6 Å². The Balaban J connectivity index is 1.85. The molecule has 2 aromatic rings. The molecule has 1 heterocycles. The third-order valence-electron chi connectivity index (χ3n) is 4.07. The van der Waals surface area contributed by atoms with E-state index in [-0.39, 0.29) is 5.91 Å². The highest BCUT2D eigenvalue weighted by Crippen LogP contribution is 2.30. The van der Waals surface area contributed by atoms with Gasteiger partial charge in [0.2, 0.25) is 0 Å². The lowest BCUT2D eigenvalue weighted by Crippen LogP contribution is -2.34. The Labute approximate surface area is 131 Å². The largest absolute Gasteiger partial charge is 0.497 e. The molecule has 1 aromatic heterocycles. The number of aromatic nitrogens is 1. The number of carbonyl (C=O) groups excluding carboxylic acids is 1. The number of hydrogen-bond donors (Lipinski definition) is 0. The molecule has 0 saturated heterocycles. The lowest BCUT2D eigenvalue weighted by atomic mass is 10.2. The van der Waals surface area contributed by atoms with E-state index in [9.17, 15) is 4.79 Å². The zero-order valence-electron chi connectivity index (χ0n) is 13.2. The maximum absolute atomic E-state index is 12.7. The minimum absolute atomic E-state index is 0.0477. The molecule has 116 valence electrons. The Kier molecular flexibility index (Phi) is 4.27. The van der Waals surface area contributed by atoms with E-state index in [0.717, 1.165) is 36.2 Å². The van der Waals surface area contributed by atoms with Crippen LogP contribution in [-0.4, -0.2) is 36.0 Å². The van der Waals surface area contributed by atoms with Crippen LogP contribution in [0.25, 0.3) is 10.9 Å². The average Bonchev–Trinajstić information content (AvgIpc) is 3.37. The Morgan fingerprint density at radius 3 is 2.82 bits per heavy atom. The molecule has 0 unspecified atom stereocenters.